The predicted octanol–water partition coefficient (Wildman–Crippen LogP) is -3.91. The summed E-state index contributed by atoms with van der Waals surface area (Å²) in [7, 11) is 0. The van der Waals surface area contributed by atoms with Gasteiger partial charge in [-0.3, -0.25) is 24.4 Å². The Labute approximate surface area is 226 Å². The van der Waals surface area contributed by atoms with E-state index in [-0.39, 0.29) is 50.7 Å². The van der Waals surface area contributed by atoms with Gasteiger partial charge in [0.15, 0.2) is 11.9 Å². The van der Waals surface area contributed by atoms with Crippen LogP contribution >= 0.6 is 11.8 Å². The van der Waals surface area contributed by atoms with E-state index < -0.39 is 54.0 Å². The molecule has 0 aromatic heterocycles. The molecular formula is C21H42N10O6S. The minimum Gasteiger partial charge on any atom is -0.480 e. The lowest BCUT2D eigenvalue weighted by Crippen LogP contribution is -2.59. The minimum atomic E-state index is -1.48. The molecule has 15 N–H and O–H groups in total. The number of aliphatic hydroxyl groups is 1. The Morgan fingerprint density at radius 1 is 0.816 bits per heavy atom. The van der Waals surface area contributed by atoms with Crippen LogP contribution < -0.4 is 44.6 Å². The van der Waals surface area contributed by atoms with E-state index in [4.69, 9.17) is 28.7 Å². The van der Waals surface area contributed by atoms with E-state index in [2.05, 4.69) is 25.9 Å². The molecule has 5 atom stereocenters. The number of thioether (sulfide) groups is 1. The fraction of sp³-hybridized carbons (Fsp3) is 0.714. The van der Waals surface area contributed by atoms with Crippen LogP contribution in [-0.4, -0.2) is 101 Å². The third-order valence-corrected chi connectivity index (χ3v) is 5.81. The molecule has 0 heterocycles. The van der Waals surface area contributed by atoms with Gasteiger partial charge in [0.05, 0.1) is 12.1 Å². The van der Waals surface area contributed by atoms with Gasteiger partial charge in [0, 0.05) is 13.1 Å². The van der Waals surface area contributed by atoms with Crippen LogP contribution in [0.15, 0.2) is 9.98 Å². The first kappa shape index (κ1) is 34.7. The van der Waals surface area contributed by atoms with Crippen LogP contribution in [0, 0.1) is 0 Å². The van der Waals surface area contributed by atoms with E-state index in [1.807, 2.05) is 0 Å². The topological polar surface area (TPSA) is 300 Å². The highest BCUT2D eigenvalue weighted by molar-refractivity contribution is 7.98. The van der Waals surface area contributed by atoms with Crippen LogP contribution in [0.4, 0.5) is 0 Å². The van der Waals surface area contributed by atoms with Crippen molar-refractivity contribution < 1.29 is 29.4 Å². The summed E-state index contributed by atoms with van der Waals surface area (Å²) in [6, 6.07) is -4.81. The van der Waals surface area contributed by atoms with Gasteiger partial charge in [-0.1, -0.05) is 0 Å². The minimum absolute atomic E-state index is 0.0781. The number of aliphatic carboxylic acids is 1. The van der Waals surface area contributed by atoms with Gasteiger partial charge >= 0.3 is 5.97 Å². The maximum absolute atomic E-state index is 13.1. The van der Waals surface area contributed by atoms with Gasteiger partial charge in [0.1, 0.15) is 18.1 Å². The van der Waals surface area contributed by atoms with E-state index in [1.165, 1.54) is 18.7 Å². The summed E-state index contributed by atoms with van der Waals surface area (Å²) in [5.41, 5.74) is 27.1. The fourth-order valence-electron chi connectivity index (χ4n) is 3.12. The van der Waals surface area contributed by atoms with E-state index >= 15 is 0 Å². The number of nitrogens with one attached hydrogen (secondary N) is 3. The lowest BCUT2D eigenvalue weighted by Gasteiger charge is -2.26. The monoisotopic (exact) mass is 562 g/mol. The summed E-state index contributed by atoms with van der Waals surface area (Å²) in [6.07, 6.45) is 1.58. The van der Waals surface area contributed by atoms with E-state index in [0.29, 0.717) is 12.2 Å². The number of guanidine groups is 2. The highest BCUT2D eigenvalue weighted by Crippen LogP contribution is 2.06. The number of aliphatic hydroxyl groups excluding tert-OH is 1. The number of rotatable bonds is 19. The predicted molar refractivity (Wildman–Crippen MR) is 146 cm³/mol. The van der Waals surface area contributed by atoms with Gasteiger partial charge < -0.3 is 54.8 Å². The number of hydrogen-bond acceptors (Lipinski definition) is 9. The molecule has 16 nitrogen and oxygen atoms in total. The van der Waals surface area contributed by atoms with Gasteiger partial charge in [0.2, 0.25) is 17.7 Å². The lowest BCUT2D eigenvalue weighted by atomic mass is 10.1. The molecule has 0 bridgehead atoms. The average molecular weight is 563 g/mol. The van der Waals surface area contributed by atoms with Crippen molar-refractivity contribution in [3.05, 3.63) is 0 Å². The Balaban J connectivity index is 5.46. The molecule has 0 aliphatic rings. The maximum Gasteiger partial charge on any atom is 0.326 e. The fourth-order valence-corrected chi connectivity index (χ4v) is 3.59. The van der Waals surface area contributed by atoms with Crippen LogP contribution in [0.3, 0.4) is 0 Å². The van der Waals surface area contributed by atoms with Crippen LogP contribution in [0.1, 0.15) is 39.0 Å². The molecular weight excluding hydrogens is 520 g/mol. The van der Waals surface area contributed by atoms with Crippen LogP contribution in [0.5, 0.6) is 0 Å². The zero-order valence-electron chi connectivity index (χ0n) is 21.8. The molecule has 0 aliphatic carbocycles. The highest BCUT2D eigenvalue weighted by Gasteiger charge is 2.32. The quantitative estimate of drug-likeness (QED) is 0.0410. The van der Waals surface area contributed by atoms with Crippen molar-refractivity contribution in [3.8, 4) is 0 Å². The average Bonchev–Trinajstić information content (AvgIpc) is 2.83. The van der Waals surface area contributed by atoms with Gasteiger partial charge in [-0.25, -0.2) is 4.79 Å². The second kappa shape index (κ2) is 18.9. The summed E-state index contributed by atoms with van der Waals surface area (Å²) < 4.78 is 0. The molecule has 0 aliphatic heterocycles. The van der Waals surface area contributed by atoms with Crippen LogP contribution in [0.2, 0.25) is 0 Å². The Hall–Kier alpha value is -3.31. The third-order valence-electron chi connectivity index (χ3n) is 5.17. The van der Waals surface area contributed by atoms with Crippen molar-refractivity contribution in [2.24, 2.45) is 38.7 Å². The van der Waals surface area contributed by atoms with Crippen molar-refractivity contribution in [1.82, 2.24) is 16.0 Å². The summed E-state index contributed by atoms with van der Waals surface area (Å²) in [5.74, 6) is -3.30. The molecule has 218 valence electrons. The van der Waals surface area contributed by atoms with Crippen LogP contribution in [0.25, 0.3) is 0 Å². The normalized spacial score (nSPS) is 14.6. The Kier molecular flexibility index (Phi) is 17.2. The summed E-state index contributed by atoms with van der Waals surface area (Å²) in [6.45, 7) is 1.70. The second-order valence-electron chi connectivity index (χ2n) is 8.47. The van der Waals surface area contributed by atoms with Gasteiger partial charge in [-0.05, 0) is 51.0 Å². The molecule has 0 rings (SSSR count). The van der Waals surface area contributed by atoms with Crippen molar-refractivity contribution in [1.29, 1.82) is 0 Å². The number of carboxylic acid groups (broad SMARTS) is 1. The molecule has 17 heteroatoms. The standard InChI is InChI=1S/C21H42N10O6S/c1-11(32)15(18(35)30-14(19(36)37)7-10-38-2)31-17(34)13(6-4-9-28-21(25)26)29-16(33)12(22)5-3-8-27-20(23)24/h11-15,32H,3-10,22H2,1-2H3,(H,29,33)(H,30,35)(H,31,34)(H,36,37)(H4,23,24,27)(H4,25,26,28). The number of nitrogens with two attached hydrogens (primary N) is 5. The molecule has 0 aromatic rings. The molecule has 38 heavy (non-hydrogen) atoms. The van der Waals surface area contributed by atoms with Crippen molar-refractivity contribution >= 4 is 47.4 Å². The number of hydrogen-bond donors (Lipinski definition) is 10. The largest absolute Gasteiger partial charge is 0.480 e. The van der Waals surface area contributed by atoms with E-state index in [0.717, 1.165) is 0 Å². The van der Waals surface area contributed by atoms with Gasteiger partial charge in [0.25, 0.3) is 0 Å². The zero-order valence-corrected chi connectivity index (χ0v) is 22.6. The zero-order chi connectivity index (χ0) is 29.3. The van der Waals surface area contributed by atoms with Crippen molar-refractivity contribution in [2.45, 2.75) is 69.3 Å². The molecule has 0 aromatic carbocycles. The van der Waals surface area contributed by atoms with Crippen molar-refractivity contribution in [3.63, 3.8) is 0 Å². The van der Waals surface area contributed by atoms with Gasteiger partial charge in [-0.2, -0.15) is 11.8 Å². The molecule has 0 spiro atoms. The number of carbonyl (C=O) groups excluding carboxylic acids is 3. The summed E-state index contributed by atoms with van der Waals surface area (Å²) in [4.78, 5) is 57.6. The molecule has 0 fully saturated rings. The molecule has 0 radical (unpaired) electrons. The van der Waals surface area contributed by atoms with E-state index in [9.17, 15) is 29.4 Å². The maximum atomic E-state index is 13.1. The first-order valence-corrected chi connectivity index (χ1v) is 13.4. The number of nitrogens with zero attached hydrogens (tertiary/aromatic N) is 2. The SMILES string of the molecule is CSCCC(NC(=O)C(NC(=O)C(CCCN=C(N)N)NC(=O)C(N)CCCN=C(N)N)C(C)O)C(=O)O. The summed E-state index contributed by atoms with van der Waals surface area (Å²) >= 11 is 1.40. The lowest BCUT2D eigenvalue weighted by molar-refractivity contribution is -0.143. The Morgan fingerprint density at radius 2 is 1.34 bits per heavy atom. The number of carboxylic acids is 1. The summed E-state index contributed by atoms with van der Waals surface area (Å²) in [5, 5.41) is 26.8. The Morgan fingerprint density at radius 3 is 1.82 bits per heavy atom. The molecule has 3 amide bonds. The molecule has 5 unspecified atom stereocenters. The Bertz CT molecular complexity index is 833. The van der Waals surface area contributed by atoms with E-state index in [1.54, 1.807) is 6.26 Å². The second-order valence-corrected chi connectivity index (χ2v) is 9.46. The molecule has 0 saturated heterocycles. The van der Waals surface area contributed by atoms with Crippen molar-refractivity contribution in [2.75, 3.05) is 25.1 Å². The first-order valence-electron chi connectivity index (χ1n) is 12.0. The van der Waals surface area contributed by atoms with Crippen LogP contribution in [-0.2, 0) is 19.2 Å². The first-order chi connectivity index (χ1) is 17.8. The van der Waals surface area contributed by atoms with Gasteiger partial charge in [-0.15, -0.1) is 0 Å². The molecule has 0 saturated carbocycles. The smallest absolute Gasteiger partial charge is 0.326 e. The third kappa shape index (κ3) is 15.1. The number of amides is 3. The highest BCUT2D eigenvalue weighted by atomic mass is 32.2. The number of carbonyl (C=O) groups is 4. The number of aliphatic imine (C=N–C) groups is 2.